The minimum atomic E-state index is -0.348. The molecule has 1 aromatic rings. The van der Waals surface area contributed by atoms with E-state index in [1.54, 1.807) is 0 Å². The van der Waals surface area contributed by atoms with Crippen molar-refractivity contribution in [3.63, 3.8) is 0 Å². The molecule has 0 aliphatic heterocycles. The predicted octanol–water partition coefficient (Wildman–Crippen LogP) is 2.08. The highest BCUT2D eigenvalue weighted by Gasteiger charge is 2.51. The van der Waals surface area contributed by atoms with Gasteiger partial charge in [0.15, 0.2) is 0 Å². The molecule has 0 bridgehead atoms. The molecule has 4 heteroatoms. The van der Waals surface area contributed by atoms with Crippen molar-refractivity contribution in [3.05, 3.63) is 34.9 Å². The van der Waals surface area contributed by atoms with Crippen LogP contribution >= 0.6 is 11.6 Å². The van der Waals surface area contributed by atoms with Crippen LogP contribution in [0, 0.1) is 5.92 Å². The van der Waals surface area contributed by atoms with Crippen molar-refractivity contribution in [1.82, 2.24) is 5.32 Å². The molecule has 18 heavy (non-hydrogen) atoms. The number of nitrogens with two attached hydrogens (primary N) is 1. The molecule has 3 N–H and O–H groups in total. The van der Waals surface area contributed by atoms with Crippen LogP contribution < -0.4 is 11.1 Å². The highest BCUT2D eigenvalue weighted by molar-refractivity contribution is 6.30. The highest BCUT2D eigenvalue weighted by atomic mass is 35.5. The average Bonchev–Trinajstić information content (AvgIpc) is 3.17. The van der Waals surface area contributed by atoms with E-state index in [-0.39, 0.29) is 11.3 Å². The van der Waals surface area contributed by atoms with Gasteiger partial charge in [0.1, 0.15) is 0 Å². The number of halogens is 1. The molecule has 1 saturated carbocycles. The standard InChI is InChI=1S/C14H19ClN2O/c1-10(8-16)9-17-13(18)14(5-6-14)11-3-2-4-12(15)7-11/h2-4,7,10H,5-6,8-9,16H2,1H3,(H,17,18). The van der Waals surface area contributed by atoms with E-state index in [0.29, 0.717) is 24.0 Å². The number of carbonyl (C=O) groups is 1. The van der Waals surface area contributed by atoms with Gasteiger partial charge in [0.05, 0.1) is 5.41 Å². The summed E-state index contributed by atoms with van der Waals surface area (Å²) in [6.45, 7) is 3.25. The first-order chi connectivity index (χ1) is 8.58. The fourth-order valence-electron chi connectivity index (χ4n) is 2.08. The van der Waals surface area contributed by atoms with Gasteiger partial charge in [0.25, 0.3) is 0 Å². The average molecular weight is 267 g/mol. The van der Waals surface area contributed by atoms with Gasteiger partial charge < -0.3 is 11.1 Å². The first kappa shape index (κ1) is 13.4. The van der Waals surface area contributed by atoms with Crippen LogP contribution in [0.1, 0.15) is 25.3 Å². The number of hydrogen-bond donors (Lipinski definition) is 2. The molecular weight excluding hydrogens is 248 g/mol. The van der Waals surface area contributed by atoms with E-state index in [0.717, 1.165) is 18.4 Å². The maximum absolute atomic E-state index is 12.3. The summed E-state index contributed by atoms with van der Waals surface area (Å²) in [6.07, 6.45) is 1.80. The largest absolute Gasteiger partial charge is 0.355 e. The molecule has 1 amide bonds. The van der Waals surface area contributed by atoms with Gasteiger partial charge in [-0.25, -0.2) is 0 Å². The third kappa shape index (κ3) is 2.68. The van der Waals surface area contributed by atoms with Crippen LogP contribution in [-0.2, 0) is 10.2 Å². The lowest BCUT2D eigenvalue weighted by Crippen LogP contribution is -2.38. The molecule has 1 atom stereocenters. The Morgan fingerprint density at radius 2 is 2.28 bits per heavy atom. The van der Waals surface area contributed by atoms with Gasteiger partial charge in [-0.15, -0.1) is 0 Å². The summed E-state index contributed by atoms with van der Waals surface area (Å²) >= 11 is 5.99. The zero-order valence-corrected chi connectivity index (χ0v) is 11.3. The van der Waals surface area contributed by atoms with Crippen molar-refractivity contribution in [3.8, 4) is 0 Å². The monoisotopic (exact) mass is 266 g/mol. The van der Waals surface area contributed by atoms with Gasteiger partial charge in [0, 0.05) is 11.6 Å². The van der Waals surface area contributed by atoms with Crippen molar-refractivity contribution in [2.24, 2.45) is 11.7 Å². The molecule has 0 heterocycles. The Balaban J connectivity index is 2.05. The Labute approximate surface area is 113 Å². The number of rotatable bonds is 5. The SMILES string of the molecule is CC(CN)CNC(=O)C1(c2cccc(Cl)c2)CC1. The lowest BCUT2D eigenvalue weighted by molar-refractivity contribution is -0.123. The van der Waals surface area contributed by atoms with E-state index in [4.69, 9.17) is 17.3 Å². The third-order valence-electron chi connectivity index (χ3n) is 3.58. The minimum absolute atomic E-state index is 0.102. The second-order valence-electron chi connectivity index (χ2n) is 5.14. The van der Waals surface area contributed by atoms with Crippen molar-refractivity contribution >= 4 is 17.5 Å². The molecule has 1 aliphatic carbocycles. The van der Waals surface area contributed by atoms with Crippen molar-refractivity contribution < 1.29 is 4.79 Å². The Morgan fingerprint density at radius 3 is 2.83 bits per heavy atom. The molecule has 0 saturated heterocycles. The van der Waals surface area contributed by atoms with Crippen LogP contribution in [-0.4, -0.2) is 19.0 Å². The Bertz CT molecular complexity index is 443. The molecule has 2 rings (SSSR count). The molecule has 0 aromatic heterocycles. The van der Waals surface area contributed by atoms with Crippen LogP contribution in [0.15, 0.2) is 24.3 Å². The third-order valence-corrected chi connectivity index (χ3v) is 3.81. The van der Waals surface area contributed by atoms with E-state index < -0.39 is 0 Å². The van der Waals surface area contributed by atoms with Crippen LogP contribution in [0.3, 0.4) is 0 Å². The molecule has 1 fully saturated rings. The second kappa shape index (κ2) is 5.29. The maximum atomic E-state index is 12.3. The lowest BCUT2D eigenvalue weighted by Gasteiger charge is -2.17. The fraction of sp³-hybridized carbons (Fsp3) is 0.500. The van der Waals surface area contributed by atoms with Gasteiger partial charge in [-0.05, 0) is 43.0 Å². The molecule has 0 spiro atoms. The van der Waals surface area contributed by atoms with Crippen molar-refractivity contribution in [1.29, 1.82) is 0 Å². The number of benzene rings is 1. The van der Waals surface area contributed by atoms with Crippen LogP contribution in [0.5, 0.6) is 0 Å². The zero-order chi connectivity index (χ0) is 13.2. The van der Waals surface area contributed by atoms with Crippen molar-refractivity contribution in [2.45, 2.75) is 25.2 Å². The lowest BCUT2D eigenvalue weighted by atomic mass is 9.95. The van der Waals surface area contributed by atoms with Crippen LogP contribution in [0.2, 0.25) is 5.02 Å². The first-order valence-electron chi connectivity index (χ1n) is 6.33. The number of carbonyl (C=O) groups excluding carboxylic acids is 1. The van der Waals surface area contributed by atoms with Gasteiger partial charge in [-0.1, -0.05) is 30.7 Å². The smallest absolute Gasteiger partial charge is 0.230 e. The Morgan fingerprint density at radius 1 is 1.56 bits per heavy atom. The Kier molecular flexibility index (Phi) is 3.93. The van der Waals surface area contributed by atoms with Gasteiger partial charge in [-0.3, -0.25) is 4.79 Å². The summed E-state index contributed by atoms with van der Waals surface area (Å²) in [5.74, 6) is 0.411. The topological polar surface area (TPSA) is 55.1 Å². The summed E-state index contributed by atoms with van der Waals surface area (Å²) < 4.78 is 0. The number of amides is 1. The summed E-state index contributed by atoms with van der Waals surface area (Å²) in [4.78, 5) is 12.3. The Hall–Kier alpha value is -1.06. The molecule has 3 nitrogen and oxygen atoms in total. The summed E-state index contributed by atoms with van der Waals surface area (Å²) in [7, 11) is 0. The highest BCUT2D eigenvalue weighted by Crippen LogP contribution is 2.48. The van der Waals surface area contributed by atoms with Gasteiger partial charge in [0.2, 0.25) is 5.91 Å². The molecule has 1 aromatic carbocycles. The maximum Gasteiger partial charge on any atom is 0.230 e. The van der Waals surface area contributed by atoms with E-state index in [1.807, 2.05) is 31.2 Å². The predicted molar refractivity (Wildman–Crippen MR) is 73.6 cm³/mol. The summed E-state index contributed by atoms with van der Waals surface area (Å²) in [6, 6.07) is 7.59. The molecular formula is C14H19ClN2O. The van der Waals surface area contributed by atoms with E-state index >= 15 is 0 Å². The number of nitrogens with one attached hydrogen (secondary N) is 1. The minimum Gasteiger partial charge on any atom is -0.355 e. The number of hydrogen-bond acceptors (Lipinski definition) is 2. The summed E-state index contributed by atoms with van der Waals surface area (Å²) in [5.41, 5.74) is 6.22. The van der Waals surface area contributed by atoms with Crippen LogP contribution in [0.4, 0.5) is 0 Å². The van der Waals surface area contributed by atoms with E-state index in [2.05, 4.69) is 5.32 Å². The quantitative estimate of drug-likeness (QED) is 0.857. The fourth-order valence-corrected chi connectivity index (χ4v) is 2.27. The van der Waals surface area contributed by atoms with E-state index in [9.17, 15) is 4.79 Å². The summed E-state index contributed by atoms with van der Waals surface area (Å²) in [5, 5.41) is 3.67. The van der Waals surface area contributed by atoms with Gasteiger partial charge >= 0.3 is 0 Å². The van der Waals surface area contributed by atoms with Gasteiger partial charge in [-0.2, -0.15) is 0 Å². The molecule has 1 aliphatic rings. The molecule has 0 radical (unpaired) electrons. The van der Waals surface area contributed by atoms with Crippen molar-refractivity contribution in [2.75, 3.05) is 13.1 Å². The zero-order valence-electron chi connectivity index (χ0n) is 10.6. The normalized spacial score (nSPS) is 18.2. The van der Waals surface area contributed by atoms with Crippen LogP contribution in [0.25, 0.3) is 0 Å². The molecule has 1 unspecified atom stereocenters. The van der Waals surface area contributed by atoms with E-state index in [1.165, 1.54) is 0 Å². The second-order valence-corrected chi connectivity index (χ2v) is 5.58. The molecule has 98 valence electrons. The first-order valence-corrected chi connectivity index (χ1v) is 6.71.